The van der Waals surface area contributed by atoms with Crippen LogP contribution in [0.3, 0.4) is 0 Å². The predicted molar refractivity (Wildman–Crippen MR) is 209 cm³/mol. The SMILES string of the molecule is C#CCOCCOCCOCCOCCOCCOCCOCCOCCOCCOCCOCCOCCOCCOCCOCCOCCOSI. The van der Waals surface area contributed by atoms with E-state index in [0.29, 0.717) is 218 Å². The van der Waals surface area contributed by atoms with E-state index in [-0.39, 0.29) is 0 Å². The van der Waals surface area contributed by atoms with Crippen LogP contribution in [-0.4, -0.2) is 218 Å². The highest BCUT2D eigenvalue weighted by molar-refractivity contribution is 14.2. The molecule has 0 spiro atoms. The molecule has 0 aromatic rings. The quantitative estimate of drug-likeness (QED) is 0.0377. The van der Waals surface area contributed by atoms with Crippen LogP contribution < -0.4 is 0 Å². The minimum Gasteiger partial charge on any atom is -0.377 e. The fraction of sp³-hybridized carbons (Fsp3) is 0.943. The lowest BCUT2D eigenvalue weighted by Gasteiger charge is -2.09. The summed E-state index contributed by atoms with van der Waals surface area (Å²) < 4.78 is 92.0. The van der Waals surface area contributed by atoms with Crippen LogP contribution in [0.25, 0.3) is 0 Å². The molecule has 0 aromatic heterocycles. The van der Waals surface area contributed by atoms with Gasteiger partial charge in [0, 0.05) is 21.2 Å². The molecule has 0 aliphatic heterocycles. The van der Waals surface area contributed by atoms with Crippen molar-refractivity contribution in [3.8, 4) is 12.3 Å². The second-order valence-corrected chi connectivity index (χ2v) is 11.8. The Kier molecular flexibility index (Phi) is 52.9. The molecule has 0 N–H and O–H groups in total. The fourth-order valence-corrected chi connectivity index (χ4v) is 4.22. The monoisotopic (exact) mass is 918 g/mol. The summed E-state index contributed by atoms with van der Waals surface area (Å²) in [5.41, 5.74) is 0. The fourth-order valence-electron chi connectivity index (χ4n) is 3.55. The molecule has 0 aliphatic rings. The van der Waals surface area contributed by atoms with E-state index in [1.54, 1.807) is 0 Å². The summed E-state index contributed by atoms with van der Waals surface area (Å²) in [5.74, 6) is 2.40. The Hall–Kier alpha value is -0.0400. The number of hydrogen-bond donors (Lipinski definition) is 0. The van der Waals surface area contributed by atoms with Crippen molar-refractivity contribution in [1.29, 1.82) is 0 Å². The lowest BCUT2D eigenvalue weighted by atomic mass is 10.6. The Bertz CT molecular complexity index is 717. The Morgan fingerprint density at radius 1 is 0.259 bits per heavy atom. The van der Waals surface area contributed by atoms with Gasteiger partial charge in [-0.25, -0.2) is 0 Å². The molecule has 0 atom stereocenters. The number of hydrogen-bond acceptors (Lipinski definition) is 18. The van der Waals surface area contributed by atoms with Gasteiger partial charge >= 0.3 is 0 Å². The minimum atomic E-state index is 0.304. The van der Waals surface area contributed by atoms with Gasteiger partial charge in [0.25, 0.3) is 0 Å². The summed E-state index contributed by atoms with van der Waals surface area (Å²) >= 11 is 2.07. The molecule has 0 rings (SSSR count). The second-order valence-electron chi connectivity index (χ2n) is 10.3. The summed E-state index contributed by atoms with van der Waals surface area (Å²) in [6, 6.07) is 0. The van der Waals surface area contributed by atoms with Crippen LogP contribution in [0.4, 0.5) is 0 Å². The van der Waals surface area contributed by atoms with E-state index in [2.05, 4.69) is 27.1 Å². The van der Waals surface area contributed by atoms with E-state index in [1.807, 2.05) is 0 Å². The first-order valence-corrected chi connectivity index (χ1v) is 21.8. The first-order valence-electron chi connectivity index (χ1n) is 18.5. The van der Waals surface area contributed by atoms with Crippen molar-refractivity contribution in [1.82, 2.24) is 0 Å². The number of ether oxygens (including phenoxy) is 16. The van der Waals surface area contributed by atoms with E-state index in [9.17, 15) is 0 Å². The summed E-state index contributed by atoms with van der Waals surface area (Å²) in [6.07, 6.45) is 5.09. The molecule has 0 amide bonds. The largest absolute Gasteiger partial charge is 0.377 e. The van der Waals surface area contributed by atoms with Gasteiger partial charge in [0.05, 0.1) is 221 Å². The lowest BCUT2D eigenvalue weighted by molar-refractivity contribution is -0.0304. The zero-order chi connectivity index (χ0) is 38.8. The highest BCUT2D eigenvalue weighted by Crippen LogP contribution is 2.11. The van der Waals surface area contributed by atoms with E-state index >= 15 is 0 Å². The molecule has 0 heterocycles. The Labute approximate surface area is 339 Å². The van der Waals surface area contributed by atoms with Crippen LogP contribution in [0.5, 0.6) is 0 Å². The molecule has 0 saturated heterocycles. The molecule has 54 heavy (non-hydrogen) atoms. The molecule has 0 radical (unpaired) electrons. The Morgan fingerprint density at radius 3 is 0.556 bits per heavy atom. The molecule has 0 aromatic carbocycles. The minimum absolute atomic E-state index is 0.304. The van der Waals surface area contributed by atoms with Crippen molar-refractivity contribution in [3.63, 3.8) is 0 Å². The summed E-state index contributed by atoms with van der Waals surface area (Å²) in [4.78, 5) is 0. The number of terminal acetylenes is 1. The zero-order valence-corrected chi connectivity index (χ0v) is 35.1. The maximum absolute atomic E-state index is 5.49. The van der Waals surface area contributed by atoms with E-state index in [0.717, 1.165) is 0 Å². The van der Waals surface area contributed by atoms with Gasteiger partial charge < -0.3 is 80.0 Å². The molecule has 0 aliphatic carbocycles. The predicted octanol–water partition coefficient (Wildman–Crippen LogP) is 1.90. The molecule has 17 nitrogen and oxygen atoms in total. The number of rotatable bonds is 50. The van der Waals surface area contributed by atoms with Gasteiger partial charge in [0.1, 0.15) is 6.61 Å². The van der Waals surface area contributed by atoms with Crippen molar-refractivity contribution in [2.24, 2.45) is 0 Å². The van der Waals surface area contributed by atoms with Crippen LogP contribution in [0.15, 0.2) is 0 Å². The van der Waals surface area contributed by atoms with Crippen LogP contribution in [0, 0.1) is 12.3 Å². The molecular weight excluding hydrogens is 851 g/mol. The van der Waals surface area contributed by atoms with Gasteiger partial charge in [-0.05, 0) is 0 Å². The van der Waals surface area contributed by atoms with E-state index < -0.39 is 0 Å². The van der Waals surface area contributed by atoms with Crippen molar-refractivity contribution >= 4 is 30.4 Å². The first-order chi connectivity index (χ1) is 26.9. The normalized spacial score (nSPS) is 11.5. The lowest BCUT2D eigenvalue weighted by Crippen LogP contribution is -2.16. The maximum Gasteiger partial charge on any atom is 0.107 e. The maximum atomic E-state index is 5.49. The topological polar surface area (TPSA) is 157 Å². The highest BCUT2D eigenvalue weighted by atomic mass is 127. The van der Waals surface area contributed by atoms with Gasteiger partial charge in [0.15, 0.2) is 0 Å². The van der Waals surface area contributed by atoms with E-state index in [4.69, 9.17) is 86.4 Å². The van der Waals surface area contributed by atoms with Crippen molar-refractivity contribution in [2.75, 3.05) is 218 Å². The third-order valence-electron chi connectivity index (χ3n) is 6.12. The van der Waals surface area contributed by atoms with Gasteiger partial charge in [-0.3, -0.25) is 0 Å². The van der Waals surface area contributed by atoms with Crippen LogP contribution >= 0.6 is 30.4 Å². The van der Waals surface area contributed by atoms with Gasteiger partial charge in [0.2, 0.25) is 0 Å². The third kappa shape index (κ3) is 52.0. The standard InChI is InChI=1S/C35H67IO17S/c1-2-3-37-4-5-38-6-7-39-8-9-40-10-11-41-12-13-42-14-15-43-16-17-44-18-19-45-20-21-46-22-23-47-24-25-48-26-27-49-28-29-50-30-31-51-32-33-52-34-35-53-54-36/h1H,3-35H2. The molecule has 19 heteroatoms. The molecule has 0 saturated carbocycles. The van der Waals surface area contributed by atoms with Gasteiger partial charge in [-0.15, -0.1) is 6.42 Å². The van der Waals surface area contributed by atoms with Gasteiger partial charge in [-0.2, -0.15) is 0 Å². The molecule has 0 bridgehead atoms. The summed E-state index contributed by atoms with van der Waals surface area (Å²) in [6.45, 7) is 16.6. The highest BCUT2D eigenvalue weighted by Gasteiger charge is 1.98. The van der Waals surface area contributed by atoms with E-state index in [1.165, 1.54) is 9.21 Å². The van der Waals surface area contributed by atoms with Crippen LogP contribution in [-0.2, 0) is 80.0 Å². The van der Waals surface area contributed by atoms with Crippen LogP contribution in [0.1, 0.15) is 0 Å². The number of halogens is 1. The summed E-state index contributed by atoms with van der Waals surface area (Å²) in [5, 5.41) is 0. The smallest absolute Gasteiger partial charge is 0.107 e. The average Bonchev–Trinajstić information content (AvgIpc) is 3.18. The third-order valence-corrected chi connectivity index (χ3v) is 7.14. The molecule has 0 fully saturated rings. The first kappa shape index (κ1) is 54.0. The van der Waals surface area contributed by atoms with Crippen molar-refractivity contribution in [2.45, 2.75) is 0 Å². The summed E-state index contributed by atoms with van der Waals surface area (Å²) in [7, 11) is 1.30. The average molecular weight is 919 g/mol. The van der Waals surface area contributed by atoms with Crippen molar-refractivity contribution in [3.05, 3.63) is 0 Å². The van der Waals surface area contributed by atoms with Gasteiger partial charge in [-0.1, -0.05) is 5.92 Å². The van der Waals surface area contributed by atoms with Crippen molar-refractivity contribution < 1.29 is 80.0 Å². The Balaban J connectivity index is 3.05. The second kappa shape index (κ2) is 53.0. The van der Waals surface area contributed by atoms with Crippen LogP contribution in [0.2, 0.25) is 0 Å². The molecule has 322 valence electrons. The molecular formula is C35H67IO17S. The molecule has 0 unspecified atom stereocenters. The zero-order valence-electron chi connectivity index (χ0n) is 32.1. The Morgan fingerprint density at radius 2 is 0.407 bits per heavy atom.